The van der Waals surface area contributed by atoms with Crippen molar-refractivity contribution in [3.8, 4) is 5.75 Å². The molecule has 1 heterocycles. The topological polar surface area (TPSA) is 62.7 Å². The molecule has 0 bridgehead atoms. The highest BCUT2D eigenvalue weighted by molar-refractivity contribution is 5.95. The Hall–Kier alpha value is -2.14. The van der Waals surface area contributed by atoms with Crippen LogP contribution in [0.2, 0.25) is 0 Å². The van der Waals surface area contributed by atoms with Crippen LogP contribution in [0.1, 0.15) is 31.3 Å². The summed E-state index contributed by atoms with van der Waals surface area (Å²) in [6.45, 7) is 6.04. The van der Waals surface area contributed by atoms with Crippen LogP contribution in [-0.4, -0.2) is 46.7 Å². The van der Waals surface area contributed by atoms with E-state index < -0.39 is 5.60 Å². The molecule has 0 radical (unpaired) electrons. The Morgan fingerprint density at radius 1 is 1.32 bits per heavy atom. The van der Waals surface area contributed by atoms with Crippen molar-refractivity contribution in [2.24, 2.45) is 0 Å². The second-order valence-electron chi connectivity index (χ2n) is 5.89. The van der Waals surface area contributed by atoms with Gasteiger partial charge in [0.25, 0.3) is 5.91 Å². The smallest absolute Gasteiger partial charge is 0.272 e. The molecule has 0 aliphatic heterocycles. The molecular weight excluding hydrogens is 280 g/mol. The number of hydrogen-bond donors (Lipinski definition) is 1. The molecule has 22 heavy (non-hydrogen) atoms. The molecule has 0 fully saturated rings. The van der Waals surface area contributed by atoms with Crippen LogP contribution in [0.5, 0.6) is 5.75 Å². The molecular formula is C17H22N2O3. The molecule has 0 aliphatic carbocycles. The van der Waals surface area contributed by atoms with Gasteiger partial charge in [0, 0.05) is 18.5 Å². The van der Waals surface area contributed by atoms with Crippen molar-refractivity contribution in [1.82, 2.24) is 9.88 Å². The van der Waals surface area contributed by atoms with Crippen molar-refractivity contribution < 1.29 is 14.6 Å². The lowest BCUT2D eigenvalue weighted by Crippen LogP contribution is -2.42. The predicted molar refractivity (Wildman–Crippen MR) is 86.2 cm³/mol. The highest BCUT2D eigenvalue weighted by Gasteiger charge is 2.23. The first-order valence-electron chi connectivity index (χ1n) is 7.30. The van der Waals surface area contributed by atoms with E-state index in [0.29, 0.717) is 12.2 Å². The van der Waals surface area contributed by atoms with E-state index >= 15 is 0 Å². The molecule has 1 aromatic carbocycles. The SMILES string of the molecule is CCN(CC(C)(C)O)C(=O)c1ccc2cc(OC)ccc2n1. The first-order valence-corrected chi connectivity index (χ1v) is 7.30. The van der Waals surface area contributed by atoms with E-state index in [-0.39, 0.29) is 12.5 Å². The number of likely N-dealkylation sites (N-methyl/N-ethyl adjacent to an activating group) is 1. The van der Waals surface area contributed by atoms with Gasteiger partial charge in [-0.25, -0.2) is 4.98 Å². The fraction of sp³-hybridized carbons (Fsp3) is 0.412. The number of ether oxygens (including phenoxy) is 1. The molecule has 0 aliphatic rings. The molecule has 1 N–H and O–H groups in total. The predicted octanol–water partition coefficient (Wildman–Crippen LogP) is 2.48. The highest BCUT2D eigenvalue weighted by atomic mass is 16.5. The van der Waals surface area contributed by atoms with E-state index in [1.165, 1.54) is 0 Å². The number of nitrogens with zero attached hydrogens (tertiary/aromatic N) is 2. The van der Waals surface area contributed by atoms with Crippen molar-refractivity contribution in [3.05, 3.63) is 36.0 Å². The van der Waals surface area contributed by atoms with Gasteiger partial charge in [0.1, 0.15) is 11.4 Å². The molecule has 1 aromatic heterocycles. The summed E-state index contributed by atoms with van der Waals surface area (Å²) in [6, 6.07) is 9.09. The van der Waals surface area contributed by atoms with Gasteiger partial charge in [-0.15, -0.1) is 0 Å². The first kappa shape index (κ1) is 16.2. The molecule has 0 atom stereocenters. The summed E-state index contributed by atoms with van der Waals surface area (Å²) in [5, 5.41) is 10.8. The average Bonchev–Trinajstić information content (AvgIpc) is 2.50. The Balaban J connectivity index is 2.31. The Morgan fingerprint density at radius 2 is 2.05 bits per heavy atom. The lowest BCUT2D eigenvalue weighted by molar-refractivity contribution is 0.0312. The zero-order valence-corrected chi connectivity index (χ0v) is 13.5. The molecule has 0 unspecified atom stereocenters. The Bertz CT molecular complexity index is 677. The number of pyridine rings is 1. The summed E-state index contributed by atoms with van der Waals surface area (Å²) < 4.78 is 5.18. The van der Waals surface area contributed by atoms with Crippen LogP contribution in [0.25, 0.3) is 10.9 Å². The number of carbonyl (C=O) groups excluding carboxylic acids is 1. The fourth-order valence-electron chi connectivity index (χ4n) is 2.31. The van der Waals surface area contributed by atoms with Crippen LogP contribution in [0.3, 0.4) is 0 Å². The normalized spacial score (nSPS) is 11.5. The molecule has 5 heteroatoms. The Morgan fingerprint density at radius 3 is 2.64 bits per heavy atom. The molecule has 0 saturated carbocycles. The number of benzene rings is 1. The number of methoxy groups -OCH3 is 1. The van der Waals surface area contributed by atoms with Crippen LogP contribution < -0.4 is 4.74 Å². The minimum absolute atomic E-state index is 0.178. The zero-order valence-electron chi connectivity index (χ0n) is 13.5. The molecule has 2 rings (SSSR count). The second kappa shape index (κ2) is 6.32. The maximum atomic E-state index is 12.5. The van der Waals surface area contributed by atoms with Crippen LogP contribution >= 0.6 is 0 Å². The van der Waals surface area contributed by atoms with Gasteiger partial charge in [-0.05, 0) is 45.0 Å². The minimum Gasteiger partial charge on any atom is -0.497 e. The number of fused-ring (bicyclic) bond motifs is 1. The van der Waals surface area contributed by atoms with Crippen LogP contribution in [0.15, 0.2) is 30.3 Å². The van der Waals surface area contributed by atoms with Crippen molar-refractivity contribution in [1.29, 1.82) is 0 Å². The van der Waals surface area contributed by atoms with E-state index in [1.54, 1.807) is 31.9 Å². The van der Waals surface area contributed by atoms with Gasteiger partial charge >= 0.3 is 0 Å². The van der Waals surface area contributed by atoms with Gasteiger partial charge in [-0.1, -0.05) is 6.07 Å². The highest BCUT2D eigenvalue weighted by Crippen LogP contribution is 2.20. The fourth-order valence-corrected chi connectivity index (χ4v) is 2.31. The molecule has 0 spiro atoms. The molecule has 5 nitrogen and oxygen atoms in total. The third-order valence-corrected chi connectivity index (χ3v) is 3.36. The van der Waals surface area contributed by atoms with Gasteiger partial charge in [-0.3, -0.25) is 4.79 Å². The summed E-state index contributed by atoms with van der Waals surface area (Å²) in [5.41, 5.74) is 0.185. The third-order valence-electron chi connectivity index (χ3n) is 3.36. The number of hydrogen-bond acceptors (Lipinski definition) is 4. The van der Waals surface area contributed by atoms with Gasteiger partial charge in [-0.2, -0.15) is 0 Å². The molecule has 1 amide bonds. The first-order chi connectivity index (χ1) is 10.3. The zero-order chi connectivity index (χ0) is 16.3. The summed E-state index contributed by atoms with van der Waals surface area (Å²) in [6.07, 6.45) is 0. The van der Waals surface area contributed by atoms with E-state index in [2.05, 4.69) is 4.98 Å². The quantitative estimate of drug-likeness (QED) is 0.921. The summed E-state index contributed by atoms with van der Waals surface area (Å²) in [5.74, 6) is 0.577. The summed E-state index contributed by atoms with van der Waals surface area (Å²) in [7, 11) is 1.61. The third kappa shape index (κ3) is 3.74. The van der Waals surface area contributed by atoms with Gasteiger partial charge < -0.3 is 14.7 Å². The number of rotatable bonds is 5. The van der Waals surface area contributed by atoms with Crippen LogP contribution in [0.4, 0.5) is 0 Å². The standard InChI is InChI=1S/C17H22N2O3/c1-5-19(11-17(2,3)21)16(20)15-8-6-12-10-13(22-4)7-9-14(12)18-15/h6-10,21H,5,11H2,1-4H3. The average molecular weight is 302 g/mol. The monoisotopic (exact) mass is 302 g/mol. The van der Waals surface area contributed by atoms with Crippen LogP contribution in [0, 0.1) is 0 Å². The molecule has 2 aromatic rings. The number of amides is 1. The van der Waals surface area contributed by atoms with E-state index in [0.717, 1.165) is 16.7 Å². The molecule has 0 saturated heterocycles. The minimum atomic E-state index is -0.935. The van der Waals surface area contributed by atoms with Gasteiger partial charge in [0.05, 0.1) is 18.2 Å². The number of aromatic nitrogens is 1. The molecule has 118 valence electrons. The van der Waals surface area contributed by atoms with Crippen molar-refractivity contribution >= 4 is 16.8 Å². The maximum Gasteiger partial charge on any atom is 0.272 e. The Kier molecular flexibility index (Phi) is 4.66. The lowest BCUT2D eigenvalue weighted by atomic mass is 10.1. The Labute approximate surface area is 130 Å². The maximum absolute atomic E-state index is 12.5. The van der Waals surface area contributed by atoms with E-state index in [9.17, 15) is 9.90 Å². The lowest BCUT2D eigenvalue weighted by Gasteiger charge is -2.27. The van der Waals surface area contributed by atoms with Crippen LogP contribution in [-0.2, 0) is 0 Å². The van der Waals surface area contributed by atoms with Crippen molar-refractivity contribution in [3.63, 3.8) is 0 Å². The second-order valence-corrected chi connectivity index (χ2v) is 5.89. The van der Waals surface area contributed by atoms with Crippen molar-refractivity contribution in [2.75, 3.05) is 20.2 Å². The van der Waals surface area contributed by atoms with Crippen molar-refractivity contribution in [2.45, 2.75) is 26.4 Å². The summed E-state index contributed by atoms with van der Waals surface area (Å²) >= 11 is 0. The van der Waals surface area contributed by atoms with E-state index in [4.69, 9.17) is 4.74 Å². The van der Waals surface area contributed by atoms with Gasteiger partial charge in [0.2, 0.25) is 0 Å². The number of carbonyl (C=O) groups is 1. The van der Waals surface area contributed by atoms with Gasteiger partial charge in [0.15, 0.2) is 0 Å². The van der Waals surface area contributed by atoms with E-state index in [1.807, 2.05) is 31.2 Å². The number of aliphatic hydroxyl groups is 1. The summed E-state index contributed by atoms with van der Waals surface area (Å²) in [4.78, 5) is 18.6. The largest absolute Gasteiger partial charge is 0.497 e.